The Bertz CT molecular complexity index is 1310. The van der Waals surface area contributed by atoms with Crippen molar-refractivity contribution in [1.29, 1.82) is 0 Å². The number of rotatable bonds is 3. The van der Waals surface area contributed by atoms with Crippen molar-refractivity contribution in [1.82, 2.24) is 9.66 Å². The van der Waals surface area contributed by atoms with Crippen LogP contribution in [0.2, 0.25) is 5.02 Å². The highest BCUT2D eigenvalue weighted by Crippen LogP contribution is 2.22. The Balaban J connectivity index is 1.92. The highest BCUT2D eigenvalue weighted by atomic mass is 35.5. The summed E-state index contributed by atoms with van der Waals surface area (Å²) in [7, 11) is 0. The maximum Gasteiger partial charge on any atom is 0.280 e. The molecule has 0 aliphatic heterocycles. The third-order valence-corrected chi connectivity index (χ3v) is 5.20. The normalized spacial score (nSPS) is 10.9. The number of benzene rings is 3. The molecule has 144 valence electrons. The number of hydrogen-bond acceptors (Lipinski definition) is 3. The monoisotopic (exact) mass is 403 g/mol. The van der Waals surface area contributed by atoms with Gasteiger partial charge in [-0.15, -0.1) is 0 Å². The number of para-hydroxylation sites is 1. The number of carbonyl (C=O) groups is 1. The number of aromatic nitrogens is 2. The fourth-order valence-corrected chi connectivity index (χ4v) is 3.34. The summed E-state index contributed by atoms with van der Waals surface area (Å²) in [5.41, 5.74) is 6.09. The lowest BCUT2D eigenvalue weighted by Gasteiger charge is -2.16. The maximum atomic E-state index is 13.2. The molecule has 0 unspecified atom stereocenters. The fourth-order valence-electron chi connectivity index (χ4n) is 3.12. The fraction of sp³-hybridized carbons (Fsp3) is 0.0870. The second-order valence-electron chi connectivity index (χ2n) is 6.81. The van der Waals surface area contributed by atoms with Crippen LogP contribution in [0.1, 0.15) is 21.5 Å². The highest BCUT2D eigenvalue weighted by Gasteiger charge is 2.17. The molecule has 0 saturated heterocycles. The predicted molar refractivity (Wildman–Crippen MR) is 116 cm³/mol. The lowest BCUT2D eigenvalue weighted by Crippen LogP contribution is -2.35. The number of nitrogens with one attached hydrogen (secondary N) is 1. The van der Waals surface area contributed by atoms with E-state index < -0.39 is 5.91 Å². The second-order valence-corrected chi connectivity index (χ2v) is 7.22. The number of amides is 1. The van der Waals surface area contributed by atoms with Crippen molar-refractivity contribution in [3.8, 4) is 11.4 Å². The zero-order valence-corrected chi connectivity index (χ0v) is 16.7. The van der Waals surface area contributed by atoms with E-state index in [-0.39, 0.29) is 11.1 Å². The van der Waals surface area contributed by atoms with Gasteiger partial charge in [-0.05, 0) is 55.3 Å². The van der Waals surface area contributed by atoms with Crippen LogP contribution >= 0.6 is 11.6 Å². The molecule has 1 heterocycles. The van der Waals surface area contributed by atoms with Gasteiger partial charge in [0.15, 0.2) is 5.82 Å². The summed E-state index contributed by atoms with van der Waals surface area (Å²) < 4.78 is 1.19. The number of nitrogens with zero attached hydrogens (tertiary/aromatic N) is 2. The van der Waals surface area contributed by atoms with Crippen LogP contribution in [0.4, 0.5) is 0 Å². The van der Waals surface area contributed by atoms with E-state index in [0.29, 0.717) is 21.7 Å². The molecule has 5 nitrogen and oxygen atoms in total. The lowest BCUT2D eigenvalue weighted by molar-refractivity contribution is 0.101. The Labute approximate surface area is 172 Å². The SMILES string of the molecule is Cc1ccc(-c2nc3ccccc3c(=O)n2NC(=O)c2ccccc2Cl)cc1C. The van der Waals surface area contributed by atoms with E-state index in [1.807, 2.05) is 38.1 Å². The largest absolute Gasteiger partial charge is 0.280 e. The quantitative estimate of drug-likeness (QED) is 0.538. The Morgan fingerprint density at radius 2 is 1.69 bits per heavy atom. The molecule has 29 heavy (non-hydrogen) atoms. The number of fused-ring (bicyclic) bond motifs is 1. The summed E-state index contributed by atoms with van der Waals surface area (Å²) in [6.07, 6.45) is 0. The van der Waals surface area contributed by atoms with Gasteiger partial charge in [0.1, 0.15) is 0 Å². The molecule has 0 aliphatic rings. The van der Waals surface area contributed by atoms with Crippen molar-refractivity contribution in [2.24, 2.45) is 0 Å². The molecule has 4 aromatic rings. The third kappa shape index (κ3) is 3.52. The topological polar surface area (TPSA) is 64.0 Å². The zero-order valence-electron chi connectivity index (χ0n) is 15.9. The van der Waals surface area contributed by atoms with Crippen molar-refractivity contribution < 1.29 is 4.79 Å². The van der Waals surface area contributed by atoms with Crippen LogP contribution < -0.4 is 11.0 Å². The number of carbonyl (C=O) groups excluding carboxylic acids is 1. The van der Waals surface area contributed by atoms with E-state index in [2.05, 4.69) is 10.4 Å². The minimum atomic E-state index is -0.486. The van der Waals surface area contributed by atoms with Gasteiger partial charge >= 0.3 is 0 Å². The van der Waals surface area contributed by atoms with Gasteiger partial charge in [0, 0.05) is 5.56 Å². The third-order valence-electron chi connectivity index (χ3n) is 4.87. The summed E-state index contributed by atoms with van der Waals surface area (Å²) in [6.45, 7) is 4.00. The highest BCUT2D eigenvalue weighted by molar-refractivity contribution is 6.34. The Morgan fingerprint density at radius 3 is 2.45 bits per heavy atom. The van der Waals surface area contributed by atoms with Crippen LogP contribution in [-0.2, 0) is 0 Å². The zero-order chi connectivity index (χ0) is 20.5. The van der Waals surface area contributed by atoms with Gasteiger partial charge in [-0.2, -0.15) is 4.68 Å². The molecule has 0 atom stereocenters. The summed E-state index contributed by atoms with van der Waals surface area (Å²) in [5.74, 6) is -0.128. The van der Waals surface area contributed by atoms with Gasteiger partial charge in [0.25, 0.3) is 11.5 Å². The van der Waals surface area contributed by atoms with Crippen molar-refractivity contribution in [2.45, 2.75) is 13.8 Å². The van der Waals surface area contributed by atoms with Gasteiger partial charge < -0.3 is 0 Å². The van der Waals surface area contributed by atoms with Crippen molar-refractivity contribution >= 4 is 28.4 Å². The Kier molecular flexibility index (Phi) is 4.91. The summed E-state index contributed by atoms with van der Waals surface area (Å²) in [4.78, 5) is 30.7. The average Bonchev–Trinajstić information content (AvgIpc) is 2.72. The Morgan fingerprint density at radius 1 is 0.966 bits per heavy atom. The molecule has 3 aromatic carbocycles. The molecule has 0 radical (unpaired) electrons. The van der Waals surface area contributed by atoms with E-state index in [9.17, 15) is 9.59 Å². The van der Waals surface area contributed by atoms with Gasteiger partial charge in [-0.25, -0.2) is 4.98 Å². The van der Waals surface area contributed by atoms with E-state index >= 15 is 0 Å². The molecular formula is C23H18ClN3O2. The van der Waals surface area contributed by atoms with Crippen LogP contribution in [0, 0.1) is 13.8 Å². The predicted octanol–water partition coefficient (Wildman–Crippen LogP) is 4.72. The molecule has 1 aromatic heterocycles. The molecule has 0 bridgehead atoms. The van der Waals surface area contributed by atoms with Crippen molar-refractivity contribution in [3.63, 3.8) is 0 Å². The first kappa shape index (κ1) is 18.9. The van der Waals surface area contributed by atoms with Crippen LogP contribution in [0.5, 0.6) is 0 Å². The lowest BCUT2D eigenvalue weighted by atomic mass is 10.1. The number of halogens is 1. The van der Waals surface area contributed by atoms with E-state index in [1.165, 1.54) is 4.68 Å². The molecule has 4 rings (SSSR count). The maximum absolute atomic E-state index is 13.2. The van der Waals surface area contributed by atoms with Crippen LogP contribution in [-0.4, -0.2) is 15.6 Å². The first-order chi connectivity index (χ1) is 14.0. The number of hydrogen-bond donors (Lipinski definition) is 1. The van der Waals surface area contributed by atoms with E-state index in [1.54, 1.807) is 42.5 Å². The summed E-state index contributed by atoms with van der Waals surface area (Å²) >= 11 is 6.15. The standard InChI is InChI=1S/C23H18ClN3O2/c1-14-11-12-16(13-15(14)2)21-25-20-10-6-4-8-18(20)23(29)27(21)26-22(28)17-7-3-5-9-19(17)24/h3-13H,1-2H3,(H,26,28). The Hall–Kier alpha value is -3.44. The van der Waals surface area contributed by atoms with Gasteiger partial charge in [0.05, 0.1) is 21.5 Å². The molecule has 0 saturated carbocycles. The van der Waals surface area contributed by atoms with Crippen LogP contribution in [0.25, 0.3) is 22.3 Å². The molecule has 0 spiro atoms. The molecule has 1 amide bonds. The van der Waals surface area contributed by atoms with Gasteiger partial charge in [-0.1, -0.05) is 48.0 Å². The smallest absolute Gasteiger partial charge is 0.267 e. The minimum absolute atomic E-state index is 0.278. The second kappa shape index (κ2) is 7.53. The van der Waals surface area contributed by atoms with E-state index in [0.717, 1.165) is 16.7 Å². The minimum Gasteiger partial charge on any atom is -0.267 e. The molecule has 1 N–H and O–H groups in total. The van der Waals surface area contributed by atoms with Crippen LogP contribution in [0.15, 0.2) is 71.5 Å². The molecule has 0 fully saturated rings. The summed E-state index contributed by atoms with van der Waals surface area (Å²) in [5, 5.41) is 0.721. The average molecular weight is 404 g/mol. The molecule has 0 aliphatic carbocycles. The van der Waals surface area contributed by atoms with Gasteiger partial charge in [0.2, 0.25) is 0 Å². The molecule has 6 heteroatoms. The first-order valence-corrected chi connectivity index (χ1v) is 9.49. The van der Waals surface area contributed by atoms with Gasteiger partial charge in [-0.3, -0.25) is 15.0 Å². The molecular weight excluding hydrogens is 386 g/mol. The first-order valence-electron chi connectivity index (χ1n) is 9.11. The summed E-state index contributed by atoms with van der Waals surface area (Å²) in [6, 6.07) is 19.5. The van der Waals surface area contributed by atoms with Crippen molar-refractivity contribution in [2.75, 3.05) is 5.43 Å². The van der Waals surface area contributed by atoms with Crippen LogP contribution in [0.3, 0.4) is 0 Å². The van der Waals surface area contributed by atoms with E-state index in [4.69, 9.17) is 11.6 Å². The van der Waals surface area contributed by atoms with Crippen molar-refractivity contribution in [3.05, 3.63) is 98.8 Å². The number of aryl methyl sites for hydroxylation is 2.